The molecule has 0 aliphatic heterocycles. The van der Waals surface area contributed by atoms with Gasteiger partial charge in [0.15, 0.2) is 17.3 Å². The fourth-order valence-corrected chi connectivity index (χ4v) is 1.96. The van der Waals surface area contributed by atoms with Crippen molar-refractivity contribution in [3.63, 3.8) is 0 Å². The Labute approximate surface area is 117 Å². The molecule has 0 fully saturated rings. The minimum absolute atomic E-state index is 0.527. The molecule has 0 aliphatic rings. The van der Waals surface area contributed by atoms with Crippen molar-refractivity contribution in [3.8, 4) is 28.6 Å². The fraction of sp³-hybridized carbons (Fsp3) is 0.357. The smallest absolute Gasteiger partial charge is 0.208 e. The first kappa shape index (κ1) is 14.2. The van der Waals surface area contributed by atoms with Crippen LogP contribution in [0.3, 0.4) is 0 Å². The van der Waals surface area contributed by atoms with E-state index in [1.54, 1.807) is 33.6 Å². The monoisotopic (exact) mass is 278 g/mol. The lowest BCUT2D eigenvalue weighted by molar-refractivity contribution is 0.324. The van der Waals surface area contributed by atoms with E-state index in [2.05, 4.69) is 10.3 Å². The molecule has 0 amide bonds. The van der Waals surface area contributed by atoms with Gasteiger partial charge in [0.25, 0.3) is 0 Å². The number of aromatic nitrogens is 1. The summed E-state index contributed by atoms with van der Waals surface area (Å²) in [7, 11) is 6.56. The highest BCUT2D eigenvalue weighted by Gasteiger charge is 2.19. The van der Waals surface area contributed by atoms with E-state index in [1.165, 1.54) is 0 Å². The van der Waals surface area contributed by atoms with Gasteiger partial charge in [-0.1, -0.05) is 0 Å². The summed E-state index contributed by atoms with van der Waals surface area (Å²) in [5.74, 6) is 2.91. The van der Waals surface area contributed by atoms with Gasteiger partial charge in [-0.05, 0) is 19.2 Å². The molecule has 0 bridgehead atoms. The maximum Gasteiger partial charge on any atom is 0.208 e. The van der Waals surface area contributed by atoms with E-state index in [0.29, 0.717) is 35.4 Å². The average Bonchev–Trinajstić information content (AvgIpc) is 2.94. The minimum Gasteiger partial charge on any atom is -0.493 e. The van der Waals surface area contributed by atoms with Gasteiger partial charge in [-0.15, -0.1) is 0 Å². The normalized spacial score (nSPS) is 10.4. The van der Waals surface area contributed by atoms with Gasteiger partial charge < -0.3 is 23.9 Å². The van der Waals surface area contributed by atoms with E-state index in [9.17, 15) is 0 Å². The van der Waals surface area contributed by atoms with Crippen LogP contribution in [-0.2, 0) is 6.54 Å². The maximum atomic E-state index is 5.68. The van der Waals surface area contributed by atoms with Crippen LogP contribution in [0.25, 0.3) is 11.3 Å². The van der Waals surface area contributed by atoms with Crippen LogP contribution in [-0.4, -0.2) is 33.4 Å². The van der Waals surface area contributed by atoms with E-state index >= 15 is 0 Å². The zero-order chi connectivity index (χ0) is 14.5. The molecule has 1 heterocycles. The largest absolute Gasteiger partial charge is 0.493 e. The molecule has 1 aromatic heterocycles. The second kappa shape index (κ2) is 6.29. The second-order valence-corrected chi connectivity index (χ2v) is 4.03. The highest BCUT2D eigenvalue weighted by molar-refractivity contribution is 5.72. The molecule has 0 spiro atoms. The summed E-state index contributed by atoms with van der Waals surface area (Å²) in [5, 5.41) is 2.99. The number of benzene rings is 1. The van der Waals surface area contributed by atoms with Crippen molar-refractivity contribution in [2.45, 2.75) is 6.54 Å². The van der Waals surface area contributed by atoms with E-state index in [1.807, 2.05) is 13.1 Å². The van der Waals surface area contributed by atoms with Crippen molar-refractivity contribution in [1.82, 2.24) is 10.3 Å². The third-order valence-electron chi connectivity index (χ3n) is 2.85. The van der Waals surface area contributed by atoms with Gasteiger partial charge in [0, 0.05) is 0 Å². The highest BCUT2D eigenvalue weighted by Crippen LogP contribution is 2.44. The number of nitrogens with zero attached hydrogens (tertiary/aromatic N) is 1. The third-order valence-corrected chi connectivity index (χ3v) is 2.85. The minimum atomic E-state index is 0.527. The molecule has 6 nitrogen and oxygen atoms in total. The lowest BCUT2D eigenvalue weighted by atomic mass is 10.1. The van der Waals surface area contributed by atoms with Gasteiger partial charge >= 0.3 is 0 Å². The first-order valence-electron chi connectivity index (χ1n) is 6.13. The van der Waals surface area contributed by atoms with Crippen molar-refractivity contribution < 1.29 is 18.6 Å². The number of methoxy groups -OCH3 is 3. The molecule has 108 valence electrons. The number of ether oxygens (including phenoxy) is 3. The van der Waals surface area contributed by atoms with E-state index in [-0.39, 0.29) is 0 Å². The summed E-state index contributed by atoms with van der Waals surface area (Å²) in [6.07, 6.45) is 1.66. The first-order chi connectivity index (χ1) is 9.74. The van der Waals surface area contributed by atoms with Crippen LogP contribution in [0, 0.1) is 0 Å². The topological polar surface area (TPSA) is 65.8 Å². The fourth-order valence-electron chi connectivity index (χ4n) is 1.96. The second-order valence-electron chi connectivity index (χ2n) is 4.03. The SMILES string of the molecule is CNCc1ncc(-c2ccc(OC)c(OC)c2OC)o1. The Kier molecular flexibility index (Phi) is 4.47. The Morgan fingerprint density at radius 3 is 2.45 bits per heavy atom. The molecule has 1 N–H and O–H groups in total. The molecule has 0 aliphatic carbocycles. The Morgan fingerprint density at radius 2 is 1.85 bits per heavy atom. The molecule has 2 aromatic rings. The molecule has 0 saturated carbocycles. The van der Waals surface area contributed by atoms with Crippen LogP contribution in [0.1, 0.15) is 5.89 Å². The third kappa shape index (κ3) is 2.55. The molecule has 6 heteroatoms. The van der Waals surface area contributed by atoms with Gasteiger partial charge in [-0.2, -0.15) is 0 Å². The number of nitrogens with one attached hydrogen (secondary N) is 1. The summed E-state index contributed by atoms with van der Waals surface area (Å²) in [6.45, 7) is 0.565. The van der Waals surface area contributed by atoms with Gasteiger partial charge in [0.2, 0.25) is 11.6 Å². The quantitative estimate of drug-likeness (QED) is 0.872. The van der Waals surface area contributed by atoms with Crippen molar-refractivity contribution in [2.24, 2.45) is 0 Å². The van der Waals surface area contributed by atoms with Crippen LogP contribution in [0.5, 0.6) is 17.2 Å². The lowest BCUT2D eigenvalue weighted by Gasteiger charge is -2.14. The zero-order valence-electron chi connectivity index (χ0n) is 12.0. The first-order valence-corrected chi connectivity index (χ1v) is 6.13. The molecule has 0 unspecified atom stereocenters. The number of oxazole rings is 1. The predicted molar refractivity (Wildman–Crippen MR) is 74.4 cm³/mol. The predicted octanol–water partition coefficient (Wildman–Crippen LogP) is 2.09. The standard InChI is InChI=1S/C14H18N2O4/c1-15-8-12-16-7-11(20-12)9-5-6-10(17-2)14(19-4)13(9)18-3/h5-7,15H,8H2,1-4H3. The van der Waals surface area contributed by atoms with Crippen LogP contribution in [0.4, 0.5) is 0 Å². The summed E-state index contributed by atoms with van der Waals surface area (Å²) < 4.78 is 21.7. The number of rotatable bonds is 6. The molecule has 0 radical (unpaired) electrons. The summed E-state index contributed by atoms with van der Waals surface area (Å²) >= 11 is 0. The van der Waals surface area contributed by atoms with Crippen molar-refractivity contribution in [3.05, 3.63) is 24.2 Å². The molecule has 0 atom stereocenters. The van der Waals surface area contributed by atoms with Gasteiger partial charge in [-0.25, -0.2) is 4.98 Å². The summed E-state index contributed by atoms with van der Waals surface area (Å²) in [6, 6.07) is 3.65. The van der Waals surface area contributed by atoms with Crippen LogP contribution < -0.4 is 19.5 Å². The van der Waals surface area contributed by atoms with Gasteiger partial charge in [0.05, 0.1) is 39.6 Å². The zero-order valence-corrected chi connectivity index (χ0v) is 12.0. The van der Waals surface area contributed by atoms with Crippen LogP contribution in [0.15, 0.2) is 22.7 Å². The molecule has 1 aromatic carbocycles. The molecular formula is C14H18N2O4. The Bertz CT molecular complexity index is 581. The van der Waals surface area contributed by atoms with E-state index < -0.39 is 0 Å². The Morgan fingerprint density at radius 1 is 1.10 bits per heavy atom. The van der Waals surface area contributed by atoms with E-state index in [0.717, 1.165) is 5.56 Å². The van der Waals surface area contributed by atoms with E-state index in [4.69, 9.17) is 18.6 Å². The summed E-state index contributed by atoms with van der Waals surface area (Å²) in [5.41, 5.74) is 0.764. The van der Waals surface area contributed by atoms with Gasteiger partial charge in [-0.3, -0.25) is 0 Å². The Hall–Kier alpha value is -2.21. The Balaban J connectivity index is 2.49. The molecule has 2 rings (SSSR count). The lowest BCUT2D eigenvalue weighted by Crippen LogP contribution is -2.04. The molecule has 20 heavy (non-hydrogen) atoms. The molecular weight excluding hydrogens is 260 g/mol. The summed E-state index contributed by atoms with van der Waals surface area (Å²) in [4.78, 5) is 4.20. The highest BCUT2D eigenvalue weighted by atomic mass is 16.5. The maximum absolute atomic E-state index is 5.68. The number of hydrogen-bond acceptors (Lipinski definition) is 6. The van der Waals surface area contributed by atoms with Crippen molar-refractivity contribution in [2.75, 3.05) is 28.4 Å². The van der Waals surface area contributed by atoms with Crippen molar-refractivity contribution in [1.29, 1.82) is 0 Å². The van der Waals surface area contributed by atoms with Gasteiger partial charge in [0.1, 0.15) is 0 Å². The van der Waals surface area contributed by atoms with Crippen LogP contribution in [0.2, 0.25) is 0 Å². The van der Waals surface area contributed by atoms with Crippen molar-refractivity contribution >= 4 is 0 Å². The molecule has 0 saturated heterocycles. The number of hydrogen-bond donors (Lipinski definition) is 1. The van der Waals surface area contributed by atoms with Crippen LogP contribution >= 0.6 is 0 Å². The average molecular weight is 278 g/mol.